The Morgan fingerprint density at radius 2 is 1.67 bits per heavy atom. The Morgan fingerprint density at radius 1 is 0.863 bits per heavy atom. The van der Waals surface area contributed by atoms with Crippen LogP contribution < -0.4 is 9.64 Å². The molecule has 0 spiro atoms. The van der Waals surface area contributed by atoms with Crippen LogP contribution in [0.1, 0.15) is 68.7 Å². The highest BCUT2D eigenvalue weighted by Gasteiger charge is 2.46. The minimum absolute atomic E-state index is 0.0119. The lowest BCUT2D eigenvalue weighted by Gasteiger charge is -2.37. The number of allylic oxidation sites excluding steroid dienone is 16. The van der Waals surface area contributed by atoms with Gasteiger partial charge in [0.25, 0.3) is 0 Å². The molecule has 0 bridgehead atoms. The summed E-state index contributed by atoms with van der Waals surface area (Å²) in [6.45, 7) is 6.66. The molecule has 51 heavy (non-hydrogen) atoms. The van der Waals surface area contributed by atoms with E-state index in [1.807, 2.05) is 0 Å². The van der Waals surface area contributed by atoms with Gasteiger partial charge in [0.05, 0.1) is 11.5 Å². The van der Waals surface area contributed by atoms with Gasteiger partial charge in [-0.3, -0.25) is 0 Å². The van der Waals surface area contributed by atoms with Crippen LogP contribution in [-0.4, -0.2) is 12.1 Å². The molecule has 0 aromatic heterocycles. The zero-order valence-corrected chi connectivity index (χ0v) is 30.0. The zero-order chi connectivity index (χ0) is 34.8. The van der Waals surface area contributed by atoms with E-state index in [1.54, 1.807) is 0 Å². The van der Waals surface area contributed by atoms with Crippen molar-refractivity contribution in [2.75, 3.05) is 4.90 Å². The van der Waals surface area contributed by atoms with E-state index in [1.165, 1.54) is 55.9 Å². The van der Waals surface area contributed by atoms with Crippen LogP contribution in [0.25, 0.3) is 16.7 Å². The van der Waals surface area contributed by atoms with Crippen LogP contribution in [0.3, 0.4) is 0 Å². The molecular formula is C49H47NO. The summed E-state index contributed by atoms with van der Waals surface area (Å²) in [5, 5.41) is 0. The van der Waals surface area contributed by atoms with Crippen LogP contribution in [0.15, 0.2) is 170 Å². The molecule has 4 aliphatic carbocycles. The summed E-state index contributed by atoms with van der Waals surface area (Å²) in [7, 11) is 0. The molecule has 254 valence electrons. The van der Waals surface area contributed by atoms with Crippen molar-refractivity contribution < 1.29 is 4.74 Å². The number of fused-ring (bicyclic) bond motifs is 4. The van der Waals surface area contributed by atoms with Gasteiger partial charge in [-0.05, 0) is 109 Å². The number of anilines is 2. The van der Waals surface area contributed by atoms with Crippen molar-refractivity contribution in [3.05, 3.63) is 192 Å². The molecule has 3 aromatic carbocycles. The molecule has 2 nitrogen and oxygen atoms in total. The molecular weight excluding hydrogens is 619 g/mol. The lowest BCUT2D eigenvalue weighted by molar-refractivity contribution is 0.228. The summed E-state index contributed by atoms with van der Waals surface area (Å²) in [5.74, 6) is 1.48. The average Bonchev–Trinajstić information content (AvgIpc) is 3.50. The van der Waals surface area contributed by atoms with Crippen molar-refractivity contribution >= 4 is 28.1 Å². The van der Waals surface area contributed by atoms with Crippen molar-refractivity contribution in [3.8, 4) is 5.75 Å². The predicted molar refractivity (Wildman–Crippen MR) is 217 cm³/mol. The summed E-state index contributed by atoms with van der Waals surface area (Å²) < 4.78 is 6.58. The van der Waals surface area contributed by atoms with Gasteiger partial charge in [0.2, 0.25) is 0 Å². The Kier molecular flexibility index (Phi) is 9.09. The smallest absolute Gasteiger partial charge is 0.130 e. The highest BCUT2D eigenvalue weighted by atomic mass is 16.5. The van der Waals surface area contributed by atoms with Crippen molar-refractivity contribution in [3.63, 3.8) is 0 Å². The molecule has 1 aliphatic heterocycles. The van der Waals surface area contributed by atoms with E-state index < -0.39 is 0 Å². The van der Waals surface area contributed by atoms with E-state index in [-0.39, 0.29) is 17.6 Å². The SMILES string of the molecule is C/C=C(\C=C/CCC)c1ccc(N(c2cccc3c2C2(C)C=CC=CC2O3)C2C=CC(c3cccc(C4=CCC5C=CC=CC5=C4)c3)=CC2)cc1. The fourth-order valence-electron chi connectivity index (χ4n) is 8.22. The van der Waals surface area contributed by atoms with E-state index in [0.29, 0.717) is 5.92 Å². The van der Waals surface area contributed by atoms with Crippen LogP contribution in [-0.2, 0) is 5.41 Å². The number of rotatable bonds is 9. The first kappa shape index (κ1) is 32.8. The molecule has 4 unspecified atom stereocenters. The van der Waals surface area contributed by atoms with Gasteiger partial charge in [-0.25, -0.2) is 0 Å². The third-order valence-electron chi connectivity index (χ3n) is 11.1. The molecule has 3 aromatic rings. The van der Waals surface area contributed by atoms with E-state index in [2.05, 4.69) is 190 Å². The summed E-state index contributed by atoms with van der Waals surface area (Å²) in [5.41, 5.74) is 12.4. The van der Waals surface area contributed by atoms with Gasteiger partial charge >= 0.3 is 0 Å². The van der Waals surface area contributed by atoms with Gasteiger partial charge in [-0.1, -0.05) is 141 Å². The molecule has 0 saturated heterocycles. The van der Waals surface area contributed by atoms with E-state index in [9.17, 15) is 0 Å². The van der Waals surface area contributed by atoms with E-state index in [4.69, 9.17) is 4.74 Å². The van der Waals surface area contributed by atoms with Crippen molar-refractivity contribution in [1.29, 1.82) is 0 Å². The molecule has 0 fully saturated rings. The second-order valence-corrected chi connectivity index (χ2v) is 14.4. The predicted octanol–water partition coefficient (Wildman–Crippen LogP) is 12.6. The first-order valence-corrected chi connectivity index (χ1v) is 18.7. The number of ether oxygens (including phenoxy) is 1. The molecule has 8 rings (SSSR count). The molecule has 4 atom stereocenters. The minimum Gasteiger partial charge on any atom is -0.485 e. The van der Waals surface area contributed by atoms with Gasteiger partial charge in [0.1, 0.15) is 11.9 Å². The maximum absolute atomic E-state index is 6.58. The average molecular weight is 666 g/mol. The van der Waals surface area contributed by atoms with Crippen molar-refractivity contribution in [2.24, 2.45) is 5.92 Å². The minimum atomic E-state index is -0.242. The summed E-state index contributed by atoms with van der Waals surface area (Å²) in [6.07, 6.45) is 40.5. The van der Waals surface area contributed by atoms with Crippen LogP contribution in [0.4, 0.5) is 11.4 Å². The third kappa shape index (κ3) is 6.29. The van der Waals surface area contributed by atoms with Crippen LogP contribution >= 0.6 is 0 Å². The summed E-state index contributed by atoms with van der Waals surface area (Å²) >= 11 is 0. The molecule has 1 heterocycles. The Bertz CT molecular complexity index is 2120. The lowest BCUT2D eigenvalue weighted by atomic mass is 9.75. The van der Waals surface area contributed by atoms with Gasteiger partial charge in [0, 0.05) is 22.9 Å². The largest absolute Gasteiger partial charge is 0.485 e. The number of hydrogen-bond donors (Lipinski definition) is 0. The number of hydrogen-bond acceptors (Lipinski definition) is 2. The van der Waals surface area contributed by atoms with Crippen molar-refractivity contribution in [1.82, 2.24) is 0 Å². The van der Waals surface area contributed by atoms with E-state index in [0.717, 1.165) is 31.4 Å². The summed E-state index contributed by atoms with van der Waals surface area (Å²) in [6, 6.07) is 24.9. The Morgan fingerprint density at radius 3 is 2.47 bits per heavy atom. The van der Waals surface area contributed by atoms with Gasteiger partial charge < -0.3 is 9.64 Å². The quantitative estimate of drug-likeness (QED) is 0.211. The summed E-state index contributed by atoms with van der Waals surface area (Å²) in [4.78, 5) is 2.54. The highest BCUT2D eigenvalue weighted by molar-refractivity contribution is 5.83. The zero-order valence-electron chi connectivity index (χ0n) is 30.0. The van der Waals surface area contributed by atoms with Crippen LogP contribution in [0, 0.1) is 5.92 Å². The Hall–Kier alpha value is -5.34. The lowest BCUT2D eigenvalue weighted by Crippen LogP contribution is -2.36. The molecule has 0 N–H and O–H groups in total. The number of nitrogens with zero attached hydrogens (tertiary/aromatic N) is 1. The normalized spacial score (nSPS) is 24.4. The monoisotopic (exact) mass is 665 g/mol. The van der Waals surface area contributed by atoms with Crippen LogP contribution in [0.5, 0.6) is 5.75 Å². The standard InChI is InChI=1S/C49H47NO/c1-4-6-7-14-35(5-2)37-24-28-43(29-25-37)50(45-19-13-20-46-48(45)49(3)32-11-10-21-47(49)51-46)44-30-26-38(27-31-44)40-17-12-18-41(33-40)42-23-22-36-15-8-9-16-39(36)34-42/h5,7-21,23-30,32-34,36,44,47H,4,6,22,31H2,1-3H3/b14-7-,35-5+. The second-order valence-electron chi connectivity index (χ2n) is 14.4. The van der Waals surface area contributed by atoms with Gasteiger partial charge in [-0.15, -0.1) is 0 Å². The fraction of sp³-hybridized carbons (Fsp3) is 0.224. The maximum atomic E-state index is 6.58. The van der Waals surface area contributed by atoms with Crippen LogP contribution in [0.2, 0.25) is 0 Å². The first-order valence-electron chi connectivity index (χ1n) is 18.7. The molecule has 0 saturated carbocycles. The number of unbranched alkanes of at least 4 members (excludes halogenated alkanes) is 1. The van der Waals surface area contributed by atoms with Gasteiger partial charge in [-0.2, -0.15) is 0 Å². The molecule has 5 aliphatic rings. The Balaban J connectivity index is 1.12. The fourth-order valence-corrected chi connectivity index (χ4v) is 8.22. The molecule has 2 heteroatoms. The second kappa shape index (κ2) is 14.1. The first-order chi connectivity index (χ1) is 25.1. The molecule has 0 radical (unpaired) electrons. The maximum Gasteiger partial charge on any atom is 0.130 e. The Labute approximate surface area is 304 Å². The van der Waals surface area contributed by atoms with Gasteiger partial charge in [0.15, 0.2) is 0 Å². The van der Waals surface area contributed by atoms with Crippen molar-refractivity contribution in [2.45, 2.75) is 64.0 Å². The number of benzene rings is 3. The topological polar surface area (TPSA) is 12.5 Å². The molecule has 0 amide bonds. The highest BCUT2D eigenvalue weighted by Crippen LogP contribution is 2.52. The van der Waals surface area contributed by atoms with E-state index >= 15 is 0 Å². The third-order valence-corrected chi connectivity index (χ3v) is 11.1.